The quantitative estimate of drug-likeness (QED) is 0.408. The molecule has 0 radical (unpaired) electrons. The van der Waals surface area contributed by atoms with Gasteiger partial charge in [0.25, 0.3) is 0 Å². The van der Waals surface area contributed by atoms with Gasteiger partial charge in [0.2, 0.25) is 5.91 Å². The summed E-state index contributed by atoms with van der Waals surface area (Å²) in [5, 5.41) is 5.98. The van der Waals surface area contributed by atoms with Gasteiger partial charge in [0.15, 0.2) is 0 Å². The Morgan fingerprint density at radius 1 is 1.33 bits per heavy atom. The number of anilines is 1. The molecule has 0 saturated heterocycles. The molecule has 1 aromatic carbocycles. The van der Waals surface area contributed by atoms with Gasteiger partial charge in [-0.15, -0.1) is 0 Å². The minimum atomic E-state index is -0.941. The molecule has 0 fully saturated rings. The number of pyridine rings is 1. The molecule has 1 unspecified atom stereocenters. The number of esters is 1. The molecule has 30 heavy (non-hydrogen) atoms. The van der Waals surface area contributed by atoms with Crippen molar-refractivity contribution < 1.29 is 18.7 Å². The van der Waals surface area contributed by atoms with Crippen LogP contribution in [0.3, 0.4) is 0 Å². The predicted molar refractivity (Wildman–Crippen MR) is 121 cm³/mol. The molecule has 2 aromatic rings. The fraction of sp³-hybridized carbons (Fsp3) is 0.409. The zero-order valence-corrected chi connectivity index (χ0v) is 19.0. The minimum Gasteiger partial charge on any atom is -0.464 e. The molecule has 6 nitrogen and oxygen atoms in total. The smallest absolute Gasteiger partial charge is 0.328 e. The summed E-state index contributed by atoms with van der Waals surface area (Å²) in [6, 6.07) is 7.71. The zero-order chi connectivity index (χ0) is 21.5. The second kappa shape index (κ2) is 10.7. The van der Waals surface area contributed by atoms with E-state index in [2.05, 4.69) is 38.2 Å². The fourth-order valence-electron chi connectivity index (χ4n) is 3.37. The monoisotopic (exact) mass is 525 g/mol. The lowest BCUT2D eigenvalue weighted by Crippen LogP contribution is -2.43. The summed E-state index contributed by atoms with van der Waals surface area (Å²) in [4.78, 5) is 29.4. The second-order valence-corrected chi connectivity index (χ2v) is 8.40. The molecule has 1 aromatic heterocycles. The highest BCUT2D eigenvalue weighted by atomic mass is 127. The van der Waals surface area contributed by atoms with Gasteiger partial charge in [0, 0.05) is 28.7 Å². The van der Waals surface area contributed by atoms with Gasteiger partial charge in [-0.25, -0.2) is 14.2 Å². The van der Waals surface area contributed by atoms with Crippen molar-refractivity contribution in [2.75, 3.05) is 18.5 Å². The Hall–Kier alpha value is -2.23. The maximum atomic E-state index is 14.1. The molecule has 0 aliphatic carbocycles. The number of aryl methyl sites for hydroxylation is 2. The number of carbonyl (C=O) groups is 2. The Morgan fingerprint density at radius 3 is 2.97 bits per heavy atom. The zero-order valence-electron chi connectivity index (χ0n) is 16.8. The number of halogens is 2. The summed E-state index contributed by atoms with van der Waals surface area (Å²) in [5.74, 6) is -0.394. The van der Waals surface area contributed by atoms with Crippen molar-refractivity contribution in [3.8, 4) is 0 Å². The lowest BCUT2D eigenvalue weighted by atomic mass is 10.0. The van der Waals surface area contributed by atoms with Crippen LogP contribution in [0, 0.1) is 9.39 Å². The first kappa shape index (κ1) is 22.5. The van der Waals surface area contributed by atoms with Gasteiger partial charge in [0.05, 0.1) is 6.61 Å². The van der Waals surface area contributed by atoms with E-state index in [4.69, 9.17) is 4.74 Å². The van der Waals surface area contributed by atoms with Crippen LogP contribution in [0.15, 0.2) is 30.3 Å². The lowest BCUT2D eigenvalue weighted by molar-refractivity contribution is -0.147. The Kier molecular flexibility index (Phi) is 8.01. The number of carbonyl (C=O) groups excluding carboxylic acids is 2. The van der Waals surface area contributed by atoms with E-state index < -0.39 is 17.8 Å². The van der Waals surface area contributed by atoms with Crippen LogP contribution in [0.4, 0.5) is 10.2 Å². The molecule has 3 rings (SSSR count). The van der Waals surface area contributed by atoms with Crippen LogP contribution in [0.1, 0.15) is 36.6 Å². The number of ether oxygens (including phenoxy) is 1. The molecule has 1 amide bonds. The Morgan fingerprint density at radius 2 is 2.17 bits per heavy atom. The summed E-state index contributed by atoms with van der Waals surface area (Å²) < 4.78 is 20.1. The van der Waals surface area contributed by atoms with Gasteiger partial charge >= 0.3 is 5.97 Å². The summed E-state index contributed by atoms with van der Waals surface area (Å²) >= 11 is 2.08. The van der Waals surface area contributed by atoms with E-state index in [0.717, 1.165) is 34.5 Å². The third kappa shape index (κ3) is 6.13. The van der Waals surface area contributed by atoms with Gasteiger partial charge in [0.1, 0.15) is 17.7 Å². The molecule has 2 N–H and O–H groups in total. The van der Waals surface area contributed by atoms with Crippen molar-refractivity contribution in [1.82, 2.24) is 10.3 Å². The van der Waals surface area contributed by atoms with Crippen molar-refractivity contribution in [2.24, 2.45) is 0 Å². The average Bonchev–Trinajstić information content (AvgIpc) is 2.74. The first-order chi connectivity index (χ1) is 14.5. The van der Waals surface area contributed by atoms with Crippen LogP contribution in [0.25, 0.3) is 0 Å². The molecule has 0 spiro atoms. The summed E-state index contributed by atoms with van der Waals surface area (Å²) in [5.41, 5.74) is 2.37. The maximum Gasteiger partial charge on any atom is 0.328 e. The van der Waals surface area contributed by atoms with E-state index in [1.165, 1.54) is 11.6 Å². The van der Waals surface area contributed by atoms with Crippen LogP contribution in [-0.4, -0.2) is 36.1 Å². The highest BCUT2D eigenvalue weighted by Gasteiger charge is 2.24. The molecule has 0 saturated carbocycles. The number of hydrogen-bond donors (Lipinski definition) is 2. The standard InChI is InChI=1S/C22H25FIN3O3/c1-2-30-22(29)19(13-15-12-16(24)6-9-18(15)23)27-20(28)10-8-17-7-5-14-4-3-11-25-21(14)26-17/h5-7,9,12,19H,2-4,8,10-11,13H2,1H3,(H,25,26)(H,27,28). The maximum absolute atomic E-state index is 14.1. The van der Waals surface area contributed by atoms with Crippen molar-refractivity contribution >= 4 is 40.3 Å². The predicted octanol–water partition coefficient (Wildman–Crippen LogP) is 3.41. The normalized spacial score (nSPS) is 13.7. The van der Waals surface area contributed by atoms with Crippen molar-refractivity contribution in [3.63, 3.8) is 0 Å². The van der Waals surface area contributed by atoms with E-state index in [9.17, 15) is 14.0 Å². The Bertz CT molecular complexity index is 922. The first-order valence-electron chi connectivity index (χ1n) is 10.1. The van der Waals surface area contributed by atoms with Gasteiger partial charge in [-0.05, 0) is 84.2 Å². The number of amides is 1. The Balaban J connectivity index is 1.62. The molecule has 1 aliphatic heterocycles. The van der Waals surface area contributed by atoms with Crippen molar-refractivity contribution in [3.05, 3.63) is 56.5 Å². The topological polar surface area (TPSA) is 80.3 Å². The second-order valence-electron chi connectivity index (χ2n) is 7.15. The number of aromatic nitrogens is 1. The van der Waals surface area contributed by atoms with Crippen molar-refractivity contribution in [1.29, 1.82) is 0 Å². The van der Waals surface area contributed by atoms with Crippen molar-refractivity contribution in [2.45, 2.75) is 45.1 Å². The van der Waals surface area contributed by atoms with Crippen LogP contribution in [-0.2, 0) is 33.6 Å². The van der Waals surface area contributed by atoms with Gasteiger partial charge in [-0.3, -0.25) is 4.79 Å². The molecule has 1 aliphatic rings. The molecule has 160 valence electrons. The molecule has 0 bridgehead atoms. The van der Waals surface area contributed by atoms with Crippen LogP contribution < -0.4 is 10.6 Å². The highest BCUT2D eigenvalue weighted by Crippen LogP contribution is 2.20. The minimum absolute atomic E-state index is 0.0360. The van der Waals surface area contributed by atoms with Gasteiger partial charge < -0.3 is 15.4 Å². The fourth-order valence-corrected chi connectivity index (χ4v) is 3.93. The molecule has 1 atom stereocenters. The molecular weight excluding hydrogens is 500 g/mol. The number of hydrogen-bond acceptors (Lipinski definition) is 5. The number of fused-ring (bicyclic) bond motifs is 1. The van der Waals surface area contributed by atoms with Crippen LogP contribution >= 0.6 is 22.6 Å². The van der Waals surface area contributed by atoms with E-state index in [1.54, 1.807) is 19.1 Å². The van der Waals surface area contributed by atoms with Crippen LogP contribution in [0.5, 0.6) is 0 Å². The van der Waals surface area contributed by atoms with Gasteiger partial charge in [-0.1, -0.05) is 6.07 Å². The number of nitrogens with one attached hydrogen (secondary N) is 2. The van der Waals surface area contributed by atoms with Crippen LogP contribution in [0.2, 0.25) is 0 Å². The third-order valence-electron chi connectivity index (χ3n) is 4.90. The lowest BCUT2D eigenvalue weighted by Gasteiger charge is -2.19. The average molecular weight is 525 g/mol. The Labute approximate surface area is 189 Å². The van der Waals surface area contributed by atoms with E-state index >= 15 is 0 Å². The summed E-state index contributed by atoms with van der Waals surface area (Å²) in [6.45, 7) is 2.78. The first-order valence-corrected chi connectivity index (χ1v) is 11.2. The number of benzene rings is 1. The third-order valence-corrected chi connectivity index (χ3v) is 5.57. The number of nitrogens with zero attached hydrogens (tertiary/aromatic N) is 1. The highest BCUT2D eigenvalue weighted by molar-refractivity contribution is 14.1. The van der Waals surface area contributed by atoms with Gasteiger partial charge in [-0.2, -0.15) is 0 Å². The molecule has 8 heteroatoms. The molecule has 2 heterocycles. The van der Waals surface area contributed by atoms with E-state index in [1.807, 2.05) is 12.1 Å². The SMILES string of the molecule is CCOC(=O)C(Cc1cc(I)ccc1F)NC(=O)CCc1ccc2c(n1)NCCC2. The van der Waals surface area contributed by atoms with E-state index in [-0.39, 0.29) is 25.4 Å². The summed E-state index contributed by atoms with van der Waals surface area (Å²) in [6.07, 6.45) is 2.76. The molecular formula is C22H25FIN3O3. The van der Waals surface area contributed by atoms with E-state index in [0.29, 0.717) is 12.0 Å². The number of rotatable bonds is 8. The largest absolute Gasteiger partial charge is 0.464 e. The summed E-state index contributed by atoms with van der Waals surface area (Å²) in [7, 11) is 0.